The normalized spacial score (nSPS) is 15.1. The third-order valence-corrected chi connectivity index (χ3v) is 4.44. The van der Waals surface area contributed by atoms with Crippen LogP contribution in [0, 0.1) is 0 Å². The Hall–Kier alpha value is -2.87. The first-order valence-electron chi connectivity index (χ1n) is 8.33. The van der Waals surface area contributed by atoms with Crippen LogP contribution in [0.25, 0.3) is 10.9 Å². The number of nitrogens with one attached hydrogen (secondary N) is 2. The van der Waals surface area contributed by atoms with Gasteiger partial charge in [0.15, 0.2) is 0 Å². The fourth-order valence-corrected chi connectivity index (χ4v) is 3.03. The van der Waals surface area contributed by atoms with E-state index in [0.717, 1.165) is 0 Å². The number of ketones is 1. The fourth-order valence-electron chi connectivity index (χ4n) is 3.03. The number of ether oxygens (including phenoxy) is 2. The number of hydrogen-bond donors (Lipinski definition) is 2. The lowest BCUT2D eigenvalue weighted by atomic mass is 10.1. The van der Waals surface area contributed by atoms with Crippen molar-refractivity contribution in [2.24, 2.45) is 0 Å². The molecule has 1 aromatic heterocycles. The maximum absolute atomic E-state index is 12.5. The number of fused-ring (bicyclic) bond motifs is 1. The number of likely N-dealkylation sites (tertiary alicyclic amines) is 1. The van der Waals surface area contributed by atoms with Gasteiger partial charge >= 0.3 is 5.97 Å². The number of aromatic nitrogens is 1. The first-order valence-corrected chi connectivity index (χ1v) is 8.33. The molecule has 2 aromatic rings. The first kappa shape index (κ1) is 17.9. The Kier molecular flexibility index (Phi) is 5.22. The number of Topliss-reactive ketones (excluding diaryl/α,β-unsaturated/α-hetero) is 1. The van der Waals surface area contributed by atoms with Gasteiger partial charge in [-0.15, -0.1) is 0 Å². The van der Waals surface area contributed by atoms with Crippen LogP contribution >= 0.6 is 0 Å². The van der Waals surface area contributed by atoms with Gasteiger partial charge in [-0.25, -0.2) is 4.79 Å². The van der Waals surface area contributed by atoms with Crippen LogP contribution in [0.5, 0.6) is 5.75 Å². The molecule has 0 bridgehead atoms. The highest BCUT2D eigenvalue weighted by molar-refractivity contribution is 6.11. The predicted molar refractivity (Wildman–Crippen MR) is 95.5 cm³/mol. The van der Waals surface area contributed by atoms with Crippen molar-refractivity contribution in [3.8, 4) is 5.75 Å². The molecule has 2 heterocycles. The number of rotatable bonds is 5. The van der Waals surface area contributed by atoms with Crippen molar-refractivity contribution in [1.82, 2.24) is 9.88 Å². The Labute approximate surface area is 150 Å². The van der Waals surface area contributed by atoms with E-state index in [4.69, 9.17) is 9.47 Å². The highest BCUT2D eigenvalue weighted by Gasteiger charge is 2.23. The van der Waals surface area contributed by atoms with Gasteiger partial charge in [-0.1, -0.05) is 0 Å². The number of H-pyrrole nitrogens is 1. The highest BCUT2D eigenvalue weighted by atomic mass is 16.5. The van der Waals surface area contributed by atoms with Crippen LogP contribution in [0.4, 0.5) is 5.69 Å². The molecule has 0 unspecified atom stereocenters. The van der Waals surface area contributed by atoms with E-state index in [1.54, 1.807) is 25.3 Å². The Balaban J connectivity index is 1.84. The number of esters is 1. The molecule has 0 aliphatic carbocycles. The van der Waals surface area contributed by atoms with Gasteiger partial charge in [0.05, 0.1) is 32.0 Å². The van der Waals surface area contributed by atoms with Gasteiger partial charge in [0, 0.05) is 37.4 Å². The number of carbonyl (C=O) groups excluding carboxylic acids is 3. The molecule has 1 aliphatic heterocycles. The van der Waals surface area contributed by atoms with E-state index in [1.807, 2.05) is 4.90 Å². The molecule has 8 nitrogen and oxygen atoms in total. The number of hydrogen-bond acceptors (Lipinski definition) is 6. The average Bonchev–Trinajstić information content (AvgIpc) is 3.00. The average molecular weight is 359 g/mol. The Morgan fingerprint density at radius 2 is 1.96 bits per heavy atom. The number of anilines is 1. The van der Waals surface area contributed by atoms with Crippen LogP contribution in [0.1, 0.15) is 23.3 Å². The van der Waals surface area contributed by atoms with Crippen molar-refractivity contribution < 1.29 is 23.9 Å². The summed E-state index contributed by atoms with van der Waals surface area (Å²) in [6.45, 7) is 1.30. The zero-order chi connectivity index (χ0) is 18.7. The van der Waals surface area contributed by atoms with Crippen LogP contribution in [0.2, 0.25) is 0 Å². The first-order chi connectivity index (χ1) is 12.5. The van der Waals surface area contributed by atoms with Gasteiger partial charge in [0.2, 0.25) is 5.91 Å². The van der Waals surface area contributed by atoms with Gasteiger partial charge in [0.1, 0.15) is 17.2 Å². The Bertz CT molecular complexity index is 848. The van der Waals surface area contributed by atoms with Crippen molar-refractivity contribution in [3.05, 3.63) is 23.9 Å². The summed E-state index contributed by atoms with van der Waals surface area (Å²) in [6.07, 6.45) is 0.932. The van der Waals surface area contributed by atoms with Crippen LogP contribution in [0.15, 0.2) is 18.2 Å². The maximum Gasteiger partial charge on any atom is 0.356 e. The van der Waals surface area contributed by atoms with Gasteiger partial charge in [-0.3, -0.25) is 14.5 Å². The predicted octanol–water partition coefficient (Wildman–Crippen LogP) is 1.57. The third kappa shape index (κ3) is 3.70. The molecule has 0 saturated carbocycles. The van der Waals surface area contributed by atoms with E-state index in [0.29, 0.717) is 48.3 Å². The van der Waals surface area contributed by atoms with E-state index in [1.165, 1.54) is 7.11 Å². The second kappa shape index (κ2) is 7.57. The summed E-state index contributed by atoms with van der Waals surface area (Å²) in [7, 11) is 2.84. The second-order valence-electron chi connectivity index (χ2n) is 6.14. The Morgan fingerprint density at radius 1 is 1.23 bits per heavy atom. The smallest absolute Gasteiger partial charge is 0.356 e. The SMILES string of the molecule is COC(=O)c1[nH]c2cc(OC)ccc2c1NC(=O)CN1CCC(=O)CC1. The van der Waals surface area contributed by atoms with Crippen molar-refractivity contribution in [2.45, 2.75) is 12.8 Å². The van der Waals surface area contributed by atoms with Gasteiger partial charge in [-0.2, -0.15) is 0 Å². The van der Waals surface area contributed by atoms with Crippen LogP contribution < -0.4 is 10.1 Å². The molecule has 26 heavy (non-hydrogen) atoms. The fraction of sp³-hybridized carbons (Fsp3) is 0.389. The molecular formula is C18H21N3O5. The lowest BCUT2D eigenvalue weighted by Gasteiger charge is -2.24. The summed E-state index contributed by atoms with van der Waals surface area (Å²) in [5.74, 6) is 0.0338. The quantitative estimate of drug-likeness (QED) is 0.786. The number of carbonyl (C=O) groups is 3. The zero-order valence-electron chi connectivity index (χ0n) is 14.8. The number of amides is 1. The second-order valence-corrected chi connectivity index (χ2v) is 6.14. The molecule has 1 amide bonds. The summed E-state index contributed by atoms with van der Waals surface area (Å²) >= 11 is 0. The lowest BCUT2D eigenvalue weighted by Crippen LogP contribution is -2.39. The zero-order valence-corrected chi connectivity index (χ0v) is 14.8. The minimum atomic E-state index is -0.570. The van der Waals surface area contributed by atoms with E-state index in [2.05, 4.69) is 10.3 Å². The van der Waals surface area contributed by atoms with Crippen molar-refractivity contribution in [2.75, 3.05) is 39.2 Å². The molecule has 0 atom stereocenters. The van der Waals surface area contributed by atoms with E-state index in [9.17, 15) is 14.4 Å². The number of methoxy groups -OCH3 is 2. The molecule has 3 rings (SSSR count). The van der Waals surface area contributed by atoms with Gasteiger partial charge < -0.3 is 19.8 Å². The molecular weight excluding hydrogens is 338 g/mol. The number of nitrogens with zero attached hydrogens (tertiary/aromatic N) is 1. The lowest BCUT2D eigenvalue weighted by molar-refractivity contribution is -0.124. The monoisotopic (exact) mass is 359 g/mol. The number of aromatic amines is 1. The third-order valence-electron chi connectivity index (χ3n) is 4.44. The summed E-state index contributed by atoms with van der Waals surface area (Å²) < 4.78 is 10.00. The molecule has 0 radical (unpaired) electrons. The molecule has 1 saturated heterocycles. The van der Waals surface area contributed by atoms with E-state index < -0.39 is 5.97 Å². The number of piperidine rings is 1. The van der Waals surface area contributed by atoms with Crippen molar-refractivity contribution in [3.63, 3.8) is 0 Å². The summed E-state index contributed by atoms with van der Waals surface area (Å²) in [6, 6.07) is 5.27. The topological polar surface area (TPSA) is 101 Å². The highest BCUT2D eigenvalue weighted by Crippen LogP contribution is 2.31. The van der Waals surface area contributed by atoms with Gasteiger partial charge in [-0.05, 0) is 12.1 Å². The minimum Gasteiger partial charge on any atom is -0.497 e. The summed E-state index contributed by atoms with van der Waals surface area (Å²) in [4.78, 5) is 40.8. The van der Waals surface area contributed by atoms with E-state index >= 15 is 0 Å². The van der Waals surface area contributed by atoms with Gasteiger partial charge in [0.25, 0.3) is 0 Å². The molecule has 8 heteroatoms. The molecule has 0 spiro atoms. The molecule has 1 aromatic carbocycles. The largest absolute Gasteiger partial charge is 0.497 e. The minimum absolute atomic E-state index is 0.163. The molecule has 1 fully saturated rings. The van der Waals surface area contributed by atoms with Crippen molar-refractivity contribution in [1.29, 1.82) is 0 Å². The molecule has 138 valence electrons. The van der Waals surface area contributed by atoms with E-state index in [-0.39, 0.29) is 23.9 Å². The van der Waals surface area contributed by atoms with Crippen LogP contribution in [-0.2, 0) is 14.3 Å². The molecule has 1 aliphatic rings. The van der Waals surface area contributed by atoms with Crippen LogP contribution in [-0.4, -0.2) is 61.4 Å². The summed E-state index contributed by atoms with van der Waals surface area (Å²) in [5.41, 5.74) is 1.22. The van der Waals surface area contributed by atoms with Crippen molar-refractivity contribution >= 4 is 34.3 Å². The van der Waals surface area contributed by atoms with Crippen LogP contribution in [0.3, 0.4) is 0 Å². The Morgan fingerprint density at radius 3 is 2.62 bits per heavy atom. The maximum atomic E-state index is 12.5. The molecule has 2 N–H and O–H groups in total. The summed E-state index contributed by atoms with van der Waals surface area (Å²) in [5, 5.41) is 3.49. The standard InChI is InChI=1S/C18H21N3O5/c1-25-12-3-4-13-14(9-12)19-17(18(24)26-2)16(13)20-15(23)10-21-7-5-11(22)6-8-21/h3-4,9,19H,5-8,10H2,1-2H3,(H,20,23). The number of benzene rings is 1.